The predicted octanol–water partition coefficient (Wildman–Crippen LogP) is 16.7. The molecule has 1 N–H and O–H groups in total. The zero-order valence-corrected chi connectivity index (χ0v) is 46.9. The standard InChI is InChI=1S/C59H111N2O7P/c1-7-10-13-16-19-22-25-28-30-31-32-33-36-39-42-45-48-51-58(62)60-56(55-67-69(64,65)66-54-53-61(4,5)6)57(50-47-44-41-38-35-27-24-21-18-15-12-9-3)68-59(63)52-49-46-43-40-37-34-29-26-23-20-17-14-11-8-2/h11,14,20,23,29,34,47,50,56-57H,7-10,12-13,15-19,21-22,24-28,30-33,35-46,48-49,51-55H2,1-6H3,(H-,60,62,64,65)/b14-11+,23-20+,34-29+,50-47+. The summed E-state index contributed by atoms with van der Waals surface area (Å²) in [5.41, 5.74) is 0. The Morgan fingerprint density at radius 3 is 1.39 bits per heavy atom. The molecule has 0 spiro atoms. The number of likely N-dealkylation sites (N-methyl/N-ethyl adjacent to an activating group) is 1. The molecule has 9 nitrogen and oxygen atoms in total. The van der Waals surface area contributed by atoms with Gasteiger partial charge in [-0.3, -0.25) is 14.2 Å². The Kier molecular flexibility index (Phi) is 48.1. The molecule has 10 heteroatoms. The van der Waals surface area contributed by atoms with Crippen LogP contribution in [-0.2, 0) is 27.9 Å². The number of allylic oxidation sites excluding steroid dienone is 7. The van der Waals surface area contributed by atoms with Crippen LogP contribution in [0.3, 0.4) is 0 Å². The zero-order chi connectivity index (χ0) is 50.8. The third kappa shape index (κ3) is 50.7. The number of quaternary nitrogens is 1. The average Bonchev–Trinajstić information content (AvgIpc) is 3.31. The fourth-order valence-corrected chi connectivity index (χ4v) is 9.02. The van der Waals surface area contributed by atoms with Crippen LogP contribution in [0.4, 0.5) is 0 Å². The van der Waals surface area contributed by atoms with Crippen LogP contribution < -0.4 is 10.2 Å². The number of nitrogens with zero attached hydrogens (tertiary/aromatic N) is 1. The van der Waals surface area contributed by atoms with Gasteiger partial charge in [0.05, 0.1) is 33.8 Å². The fraction of sp³-hybridized carbons (Fsp3) is 0.831. The summed E-state index contributed by atoms with van der Waals surface area (Å²) in [7, 11) is 1.18. The fourth-order valence-electron chi connectivity index (χ4n) is 8.30. The summed E-state index contributed by atoms with van der Waals surface area (Å²) >= 11 is 0. The summed E-state index contributed by atoms with van der Waals surface area (Å²) in [5, 5.41) is 3.02. The SMILES string of the molecule is CC/C=C/C/C=C/C/C=C/CCCCCCC(=O)OC(/C=C/CCCCCCCCCCCC)C(COP(=O)([O-])OCC[N+](C)(C)C)NC(=O)CCCCCCCCCCCCCCCCCCC. The summed E-state index contributed by atoms with van der Waals surface area (Å²) in [6, 6.07) is -0.894. The van der Waals surface area contributed by atoms with Gasteiger partial charge in [-0.25, -0.2) is 0 Å². The van der Waals surface area contributed by atoms with Crippen molar-refractivity contribution in [3.05, 3.63) is 48.6 Å². The highest BCUT2D eigenvalue weighted by Gasteiger charge is 2.27. The molecule has 69 heavy (non-hydrogen) atoms. The van der Waals surface area contributed by atoms with E-state index in [2.05, 4.69) is 62.5 Å². The van der Waals surface area contributed by atoms with Gasteiger partial charge in [0.15, 0.2) is 0 Å². The van der Waals surface area contributed by atoms with Crippen LogP contribution in [0.15, 0.2) is 48.6 Å². The molecule has 0 aliphatic carbocycles. The number of unbranched alkanes of at least 4 members (excludes halogenated alkanes) is 30. The van der Waals surface area contributed by atoms with Crippen LogP contribution in [0.1, 0.15) is 265 Å². The van der Waals surface area contributed by atoms with Crippen molar-refractivity contribution >= 4 is 19.7 Å². The number of hydrogen-bond donors (Lipinski definition) is 1. The predicted molar refractivity (Wildman–Crippen MR) is 293 cm³/mol. The molecule has 404 valence electrons. The molecule has 0 fully saturated rings. The van der Waals surface area contributed by atoms with Gasteiger partial charge in [-0.1, -0.05) is 237 Å². The topological polar surface area (TPSA) is 114 Å². The van der Waals surface area contributed by atoms with E-state index in [1.54, 1.807) is 0 Å². The number of phosphoric ester groups is 1. The van der Waals surface area contributed by atoms with Gasteiger partial charge in [-0.05, 0) is 63.9 Å². The van der Waals surface area contributed by atoms with Crippen LogP contribution in [-0.4, -0.2) is 69.4 Å². The van der Waals surface area contributed by atoms with Gasteiger partial charge in [-0.2, -0.15) is 0 Å². The Balaban J connectivity index is 5.34. The van der Waals surface area contributed by atoms with Crippen molar-refractivity contribution in [3.63, 3.8) is 0 Å². The highest BCUT2D eigenvalue weighted by Crippen LogP contribution is 2.38. The molecule has 0 radical (unpaired) electrons. The van der Waals surface area contributed by atoms with Crippen molar-refractivity contribution in [1.82, 2.24) is 5.32 Å². The summed E-state index contributed by atoms with van der Waals surface area (Å²) in [4.78, 5) is 39.8. The second-order valence-corrected chi connectivity index (χ2v) is 22.2. The minimum absolute atomic E-state index is 0.0252. The van der Waals surface area contributed by atoms with Gasteiger partial charge in [0.25, 0.3) is 7.82 Å². The Labute approximate surface area is 427 Å². The maximum absolute atomic E-state index is 13.5. The number of phosphoric acid groups is 1. The molecular weight excluding hydrogens is 880 g/mol. The highest BCUT2D eigenvalue weighted by molar-refractivity contribution is 7.45. The molecule has 0 bridgehead atoms. The largest absolute Gasteiger partial charge is 0.756 e. The second-order valence-electron chi connectivity index (χ2n) is 20.8. The first-order valence-corrected chi connectivity index (χ1v) is 30.4. The summed E-state index contributed by atoms with van der Waals surface area (Å²) in [6.07, 6.45) is 59.3. The quantitative estimate of drug-likeness (QED) is 0.0212. The molecule has 0 aromatic heterocycles. The third-order valence-corrected chi connectivity index (χ3v) is 13.7. The molecule has 0 saturated heterocycles. The molecule has 1 amide bonds. The van der Waals surface area contributed by atoms with Gasteiger partial charge in [-0.15, -0.1) is 0 Å². The number of nitrogens with one attached hydrogen (secondary N) is 1. The average molecular weight is 992 g/mol. The van der Waals surface area contributed by atoms with E-state index in [0.29, 0.717) is 23.9 Å². The lowest BCUT2D eigenvalue weighted by Gasteiger charge is -2.30. The molecular formula is C59H111N2O7P. The van der Waals surface area contributed by atoms with Gasteiger partial charge in [0, 0.05) is 12.8 Å². The van der Waals surface area contributed by atoms with Crippen LogP contribution in [0.25, 0.3) is 0 Å². The van der Waals surface area contributed by atoms with E-state index in [4.69, 9.17) is 13.8 Å². The molecule has 0 aliphatic rings. The molecule has 3 atom stereocenters. The van der Waals surface area contributed by atoms with Gasteiger partial charge >= 0.3 is 5.97 Å². The summed E-state index contributed by atoms with van der Waals surface area (Å²) < 4.78 is 30.2. The molecule has 3 unspecified atom stereocenters. The Morgan fingerprint density at radius 1 is 0.522 bits per heavy atom. The Morgan fingerprint density at radius 2 is 0.928 bits per heavy atom. The second kappa shape index (κ2) is 49.5. The van der Waals surface area contributed by atoms with E-state index < -0.39 is 26.6 Å². The Bertz CT molecular complexity index is 1330. The minimum Gasteiger partial charge on any atom is -0.756 e. The van der Waals surface area contributed by atoms with Crippen LogP contribution in [0, 0.1) is 0 Å². The van der Waals surface area contributed by atoms with E-state index in [1.807, 2.05) is 33.3 Å². The summed E-state index contributed by atoms with van der Waals surface area (Å²) in [6.45, 7) is 6.73. The monoisotopic (exact) mass is 991 g/mol. The van der Waals surface area contributed by atoms with Crippen LogP contribution >= 0.6 is 7.82 Å². The molecule has 0 heterocycles. The molecule has 0 aliphatic heterocycles. The number of rotatable bonds is 52. The number of hydrogen-bond acceptors (Lipinski definition) is 7. The minimum atomic E-state index is -4.70. The first kappa shape index (κ1) is 67.0. The first-order chi connectivity index (χ1) is 33.4. The van der Waals surface area contributed by atoms with Crippen molar-refractivity contribution in [1.29, 1.82) is 0 Å². The number of ether oxygens (including phenoxy) is 1. The van der Waals surface area contributed by atoms with Crippen molar-refractivity contribution < 1.29 is 37.3 Å². The van der Waals surface area contributed by atoms with Crippen LogP contribution in [0.5, 0.6) is 0 Å². The zero-order valence-electron chi connectivity index (χ0n) is 46.0. The first-order valence-electron chi connectivity index (χ1n) is 28.9. The maximum Gasteiger partial charge on any atom is 0.306 e. The maximum atomic E-state index is 13.5. The number of carbonyl (C=O) groups is 2. The van der Waals surface area contributed by atoms with Crippen molar-refractivity contribution in [2.24, 2.45) is 0 Å². The van der Waals surface area contributed by atoms with Crippen molar-refractivity contribution in [2.75, 3.05) is 40.9 Å². The molecule has 0 saturated carbocycles. The highest BCUT2D eigenvalue weighted by atomic mass is 31.2. The van der Waals surface area contributed by atoms with Gasteiger partial charge < -0.3 is 28.5 Å². The lowest BCUT2D eigenvalue weighted by atomic mass is 10.0. The van der Waals surface area contributed by atoms with E-state index in [9.17, 15) is 19.0 Å². The van der Waals surface area contributed by atoms with Crippen molar-refractivity contribution in [3.8, 4) is 0 Å². The smallest absolute Gasteiger partial charge is 0.306 e. The number of carbonyl (C=O) groups excluding carboxylic acids is 2. The molecule has 0 rings (SSSR count). The molecule has 0 aromatic carbocycles. The van der Waals surface area contributed by atoms with E-state index >= 15 is 0 Å². The summed E-state index contributed by atoms with van der Waals surface area (Å²) in [5.74, 6) is -0.560. The van der Waals surface area contributed by atoms with E-state index in [1.165, 1.54) is 141 Å². The van der Waals surface area contributed by atoms with Gasteiger partial charge in [0.1, 0.15) is 19.3 Å². The van der Waals surface area contributed by atoms with Gasteiger partial charge in [0.2, 0.25) is 5.91 Å². The van der Waals surface area contributed by atoms with Crippen LogP contribution in [0.2, 0.25) is 0 Å². The van der Waals surface area contributed by atoms with E-state index in [0.717, 1.165) is 83.5 Å². The third-order valence-electron chi connectivity index (χ3n) is 12.8. The molecule has 0 aromatic rings. The Hall–Kier alpha value is -2.03. The number of esters is 1. The number of amides is 1. The van der Waals surface area contributed by atoms with Crippen molar-refractivity contribution in [2.45, 2.75) is 277 Å². The van der Waals surface area contributed by atoms with E-state index in [-0.39, 0.29) is 24.9 Å². The lowest BCUT2D eigenvalue weighted by molar-refractivity contribution is -0.870. The normalized spacial score (nSPS) is 14.1. The lowest BCUT2D eigenvalue weighted by Crippen LogP contribution is -2.47.